The van der Waals surface area contributed by atoms with E-state index >= 15 is 0 Å². The minimum atomic E-state index is -0.676. The number of nitro benzene ring substituents is 1. The lowest BCUT2D eigenvalue weighted by Gasteiger charge is -1.96. The van der Waals surface area contributed by atoms with Gasteiger partial charge in [0, 0.05) is 6.07 Å². The fraction of sp³-hybridized carbons (Fsp3) is 0. The highest BCUT2D eigenvalue weighted by atomic mass is 35.5. The standard InChI is InChI=1S/C11H6ClN3O5/c12-9-3-1-7(5-10(9)14(16)17)13-6-8-2-4-11(20-8)15(18)19/h1-6H. The van der Waals surface area contributed by atoms with Gasteiger partial charge in [0.2, 0.25) is 0 Å². The Morgan fingerprint density at radius 3 is 2.50 bits per heavy atom. The molecule has 0 unspecified atom stereocenters. The van der Waals surface area contributed by atoms with E-state index in [0.29, 0.717) is 0 Å². The van der Waals surface area contributed by atoms with Gasteiger partial charge in [-0.25, -0.2) is 0 Å². The molecule has 0 aliphatic heterocycles. The first-order valence-corrected chi connectivity index (χ1v) is 5.57. The lowest BCUT2D eigenvalue weighted by molar-refractivity contribution is -0.402. The zero-order valence-corrected chi connectivity index (χ0v) is 10.5. The Bertz CT molecular complexity index is 710. The second-order valence-corrected chi connectivity index (χ2v) is 3.99. The Balaban J connectivity index is 2.24. The summed E-state index contributed by atoms with van der Waals surface area (Å²) in [6, 6.07) is 6.56. The molecule has 0 saturated heterocycles. The molecule has 0 aliphatic carbocycles. The molecule has 0 spiro atoms. The maximum absolute atomic E-state index is 10.7. The number of halogens is 1. The Labute approximate surface area is 116 Å². The SMILES string of the molecule is O=[N+]([O-])c1ccc(C=Nc2ccc(Cl)c([N+](=O)[O-])c2)o1. The number of nitrogens with zero attached hydrogens (tertiary/aromatic N) is 3. The van der Waals surface area contributed by atoms with Gasteiger partial charge in [0.25, 0.3) is 5.69 Å². The van der Waals surface area contributed by atoms with Crippen molar-refractivity contribution in [3.05, 3.63) is 61.3 Å². The first-order valence-electron chi connectivity index (χ1n) is 5.19. The summed E-state index contributed by atoms with van der Waals surface area (Å²) in [4.78, 5) is 23.8. The average Bonchev–Trinajstić information content (AvgIpc) is 2.86. The zero-order chi connectivity index (χ0) is 14.7. The number of hydrogen-bond acceptors (Lipinski definition) is 6. The molecule has 0 amide bonds. The minimum Gasteiger partial charge on any atom is -0.400 e. The van der Waals surface area contributed by atoms with E-state index in [1.807, 2.05) is 0 Å². The third kappa shape index (κ3) is 2.98. The number of hydrogen-bond donors (Lipinski definition) is 0. The van der Waals surface area contributed by atoms with Crippen molar-refractivity contribution in [1.82, 2.24) is 0 Å². The van der Waals surface area contributed by atoms with Crippen LogP contribution in [0.1, 0.15) is 5.76 Å². The van der Waals surface area contributed by atoms with E-state index in [1.54, 1.807) is 0 Å². The third-order valence-corrected chi connectivity index (χ3v) is 2.58. The molecule has 0 bridgehead atoms. The summed E-state index contributed by atoms with van der Waals surface area (Å²) in [5.41, 5.74) is 0.00638. The van der Waals surface area contributed by atoms with Crippen molar-refractivity contribution in [2.45, 2.75) is 0 Å². The van der Waals surface area contributed by atoms with E-state index in [2.05, 4.69) is 4.99 Å². The number of nitro groups is 2. The first kappa shape index (κ1) is 13.7. The molecular formula is C11H6ClN3O5. The fourth-order valence-corrected chi connectivity index (χ4v) is 1.56. The van der Waals surface area contributed by atoms with Crippen molar-refractivity contribution < 1.29 is 14.3 Å². The van der Waals surface area contributed by atoms with Crippen LogP contribution in [0.2, 0.25) is 5.02 Å². The van der Waals surface area contributed by atoms with Gasteiger partial charge < -0.3 is 4.42 Å². The number of aliphatic imine (C=N–C) groups is 1. The van der Waals surface area contributed by atoms with Crippen LogP contribution in [-0.4, -0.2) is 16.1 Å². The molecule has 1 heterocycles. The van der Waals surface area contributed by atoms with E-state index in [0.717, 1.165) is 0 Å². The highest BCUT2D eigenvalue weighted by Crippen LogP contribution is 2.28. The van der Waals surface area contributed by atoms with Gasteiger partial charge in [-0.3, -0.25) is 25.2 Å². The number of benzene rings is 1. The van der Waals surface area contributed by atoms with Crippen LogP contribution in [0.15, 0.2) is 39.7 Å². The first-order chi connectivity index (χ1) is 9.47. The van der Waals surface area contributed by atoms with Gasteiger partial charge in [0.15, 0.2) is 5.76 Å². The molecule has 9 heteroatoms. The molecule has 1 aromatic heterocycles. The van der Waals surface area contributed by atoms with Gasteiger partial charge in [-0.1, -0.05) is 11.6 Å². The second kappa shape index (κ2) is 5.49. The molecule has 1 aromatic carbocycles. The Kier molecular flexibility index (Phi) is 3.76. The Morgan fingerprint density at radius 1 is 1.15 bits per heavy atom. The minimum absolute atomic E-state index is 0.00239. The van der Waals surface area contributed by atoms with Crippen LogP contribution in [0.25, 0.3) is 0 Å². The largest absolute Gasteiger partial charge is 0.433 e. The van der Waals surface area contributed by atoms with Crippen LogP contribution in [-0.2, 0) is 0 Å². The number of rotatable bonds is 4. The van der Waals surface area contributed by atoms with E-state index in [1.165, 1.54) is 36.5 Å². The van der Waals surface area contributed by atoms with Crippen LogP contribution in [0, 0.1) is 20.2 Å². The topological polar surface area (TPSA) is 112 Å². The molecule has 8 nitrogen and oxygen atoms in total. The summed E-state index contributed by atoms with van der Waals surface area (Å²) in [7, 11) is 0. The summed E-state index contributed by atoms with van der Waals surface area (Å²) in [5, 5.41) is 21.1. The molecule has 2 rings (SSSR count). The van der Waals surface area contributed by atoms with Gasteiger partial charge in [0.1, 0.15) is 9.95 Å². The predicted octanol–water partition coefficient (Wildman–Crippen LogP) is 3.50. The molecule has 102 valence electrons. The molecule has 0 atom stereocenters. The Hall–Kier alpha value is -2.74. The van der Waals surface area contributed by atoms with Crippen molar-refractivity contribution in [3.63, 3.8) is 0 Å². The summed E-state index contributed by atoms with van der Waals surface area (Å²) >= 11 is 5.66. The normalized spacial score (nSPS) is 10.8. The summed E-state index contributed by atoms with van der Waals surface area (Å²) in [6.07, 6.45) is 1.22. The van der Waals surface area contributed by atoms with Crippen LogP contribution < -0.4 is 0 Å². The molecule has 0 fully saturated rings. The monoisotopic (exact) mass is 295 g/mol. The summed E-state index contributed by atoms with van der Waals surface area (Å²) < 4.78 is 4.86. The highest BCUT2D eigenvalue weighted by molar-refractivity contribution is 6.32. The van der Waals surface area contributed by atoms with Crippen molar-refractivity contribution in [2.75, 3.05) is 0 Å². The van der Waals surface area contributed by atoms with Gasteiger partial charge in [-0.05, 0) is 18.2 Å². The van der Waals surface area contributed by atoms with E-state index in [-0.39, 0.29) is 22.2 Å². The zero-order valence-electron chi connectivity index (χ0n) is 9.72. The molecule has 0 aliphatic rings. The molecule has 0 radical (unpaired) electrons. The average molecular weight is 296 g/mol. The van der Waals surface area contributed by atoms with Crippen LogP contribution in [0.3, 0.4) is 0 Å². The molecule has 0 N–H and O–H groups in total. The van der Waals surface area contributed by atoms with E-state index < -0.39 is 15.7 Å². The van der Waals surface area contributed by atoms with Crippen LogP contribution in [0.5, 0.6) is 0 Å². The van der Waals surface area contributed by atoms with Crippen molar-refractivity contribution in [3.8, 4) is 0 Å². The van der Waals surface area contributed by atoms with Gasteiger partial charge in [-0.15, -0.1) is 0 Å². The maximum atomic E-state index is 10.7. The maximum Gasteiger partial charge on any atom is 0.433 e. The smallest absolute Gasteiger partial charge is 0.400 e. The van der Waals surface area contributed by atoms with Crippen molar-refractivity contribution in [2.24, 2.45) is 4.99 Å². The fourth-order valence-electron chi connectivity index (χ4n) is 1.37. The third-order valence-electron chi connectivity index (χ3n) is 2.26. The van der Waals surface area contributed by atoms with E-state index in [4.69, 9.17) is 16.0 Å². The van der Waals surface area contributed by atoms with Gasteiger partial charge >= 0.3 is 5.88 Å². The molecule has 0 saturated carbocycles. The molecule has 2 aromatic rings. The van der Waals surface area contributed by atoms with Crippen LogP contribution >= 0.6 is 11.6 Å². The van der Waals surface area contributed by atoms with Crippen LogP contribution in [0.4, 0.5) is 17.3 Å². The Morgan fingerprint density at radius 2 is 1.90 bits per heavy atom. The second-order valence-electron chi connectivity index (χ2n) is 3.58. The van der Waals surface area contributed by atoms with Gasteiger partial charge in [0.05, 0.1) is 22.9 Å². The summed E-state index contributed by atoms with van der Waals surface area (Å²) in [5.74, 6) is -0.247. The van der Waals surface area contributed by atoms with Crippen molar-refractivity contribution in [1.29, 1.82) is 0 Å². The number of furan rings is 1. The van der Waals surface area contributed by atoms with Crippen molar-refractivity contribution >= 4 is 35.1 Å². The van der Waals surface area contributed by atoms with Gasteiger partial charge in [-0.2, -0.15) is 0 Å². The quantitative estimate of drug-likeness (QED) is 0.486. The highest BCUT2D eigenvalue weighted by Gasteiger charge is 2.13. The summed E-state index contributed by atoms with van der Waals surface area (Å²) in [6.45, 7) is 0. The predicted molar refractivity (Wildman–Crippen MR) is 70.7 cm³/mol. The lowest BCUT2D eigenvalue weighted by atomic mass is 10.3. The van der Waals surface area contributed by atoms with E-state index in [9.17, 15) is 20.2 Å². The molecular weight excluding hydrogens is 290 g/mol. The molecule has 20 heavy (non-hydrogen) atoms. The lowest BCUT2D eigenvalue weighted by Crippen LogP contribution is -1.88.